The molecule has 1 unspecified atom stereocenters. The van der Waals surface area contributed by atoms with Crippen molar-refractivity contribution in [3.63, 3.8) is 0 Å². The van der Waals surface area contributed by atoms with Crippen molar-refractivity contribution in [1.29, 1.82) is 0 Å². The SMILES string of the molecule is CCN(C(=O)c1ccnc(Nc2cccc(F)c2)c1)C1CCS(=O)(=O)C1. The van der Waals surface area contributed by atoms with Crippen LogP contribution in [0.2, 0.25) is 0 Å². The summed E-state index contributed by atoms with van der Waals surface area (Å²) in [5.74, 6) is -0.0753. The lowest BCUT2D eigenvalue weighted by Gasteiger charge is -2.27. The second-order valence-corrected chi connectivity index (χ2v) is 8.44. The monoisotopic (exact) mass is 377 g/mol. The van der Waals surface area contributed by atoms with E-state index < -0.39 is 9.84 Å². The van der Waals surface area contributed by atoms with E-state index in [9.17, 15) is 17.6 Å². The number of anilines is 2. The van der Waals surface area contributed by atoms with Crippen LogP contribution in [0, 0.1) is 5.82 Å². The third kappa shape index (κ3) is 4.19. The van der Waals surface area contributed by atoms with Crippen LogP contribution in [-0.4, -0.2) is 48.3 Å². The van der Waals surface area contributed by atoms with Crippen LogP contribution in [-0.2, 0) is 9.84 Å². The van der Waals surface area contributed by atoms with Gasteiger partial charge in [0, 0.05) is 30.0 Å². The summed E-state index contributed by atoms with van der Waals surface area (Å²) in [5, 5.41) is 2.96. The first-order chi connectivity index (χ1) is 12.4. The number of carbonyl (C=O) groups excluding carboxylic acids is 1. The van der Waals surface area contributed by atoms with Crippen LogP contribution < -0.4 is 5.32 Å². The number of halogens is 1. The molecule has 2 heterocycles. The molecule has 26 heavy (non-hydrogen) atoms. The Morgan fingerprint density at radius 2 is 2.15 bits per heavy atom. The van der Waals surface area contributed by atoms with Crippen LogP contribution in [0.15, 0.2) is 42.6 Å². The van der Waals surface area contributed by atoms with Crippen molar-refractivity contribution in [2.75, 3.05) is 23.4 Å². The second-order valence-electron chi connectivity index (χ2n) is 6.21. The molecule has 1 aliphatic heterocycles. The predicted molar refractivity (Wildman–Crippen MR) is 97.7 cm³/mol. The lowest BCUT2D eigenvalue weighted by atomic mass is 10.1. The highest BCUT2D eigenvalue weighted by Crippen LogP contribution is 2.21. The van der Waals surface area contributed by atoms with Gasteiger partial charge < -0.3 is 10.2 Å². The molecule has 1 atom stereocenters. The van der Waals surface area contributed by atoms with Gasteiger partial charge in [0.05, 0.1) is 11.5 Å². The summed E-state index contributed by atoms with van der Waals surface area (Å²) in [6, 6.07) is 8.81. The largest absolute Gasteiger partial charge is 0.340 e. The Hall–Kier alpha value is -2.48. The summed E-state index contributed by atoms with van der Waals surface area (Å²) in [6.07, 6.45) is 1.95. The maximum absolute atomic E-state index is 13.3. The van der Waals surface area contributed by atoms with Gasteiger partial charge in [0.2, 0.25) is 0 Å². The van der Waals surface area contributed by atoms with Gasteiger partial charge in [-0.1, -0.05) is 6.07 Å². The van der Waals surface area contributed by atoms with E-state index in [0.29, 0.717) is 30.0 Å². The van der Waals surface area contributed by atoms with Crippen LogP contribution >= 0.6 is 0 Å². The van der Waals surface area contributed by atoms with E-state index >= 15 is 0 Å². The van der Waals surface area contributed by atoms with E-state index in [0.717, 1.165) is 0 Å². The number of nitrogens with one attached hydrogen (secondary N) is 1. The number of rotatable bonds is 5. The van der Waals surface area contributed by atoms with Gasteiger partial charge in [-0.15, -0.1) is 0 Å². The predicted octanol–water partition coefficient (Wildman–Crippen LogP) is 2.61. The number of hydrogen-bond acceptors (Lipinski definition) is 5. The summed E-state index contributed by atoms with van der Waals surface area (Å²) in [6.45, 7) is 2.25. The van der Waals surface area contributed by atoms with E-state index in [1.54, 1.807) is 29.2 Å². The summed E-state index contributed by atoms with van der Waals surface area (Å²) in [7, 11) is -3.07. The second kappa shape index (κ2) is 7.41. The Balaban J connectivity index is 1.79. The van der Waals surface area contributed by atoms with Crippen LogP contribution in [0.5, 0.6) is 0 Å². The fourth-order valence-electron chi connectivity index (χ4n) is 3.10. The number of sulfone groups is 1. The molecule has 1 saturated heterocycles. The first-order valence-corrected chi connectivity index (χ1v) is 10.2. The van der Waals surface area contributed by atoms with Gasteiger partial charge in [-0.05, 0) is 43.7 Å². The van der Waals surface area contributed by atoms with Crippen molar-refractivity contribution < 1.29 is 17.6 Å². The Morgan fingerprint density at radius 3 is 2.81 bits per heavy atom. The molecule has 0 aliphatic carbocycles. The van der Waals surface area contributed by atoms with Gasteiger partial charge in [-0.25, -0.2) is 17.8 Å². The van der Waals surface area contributed by atoms with Crippen molar-refractivity contribution in [3.05, 3.63) is 54.0 Å². The molecule has 0 radical (unpaired) electrons. The molecule has 1 amide bonds. The molecule has 1 aliphatic rings. The highest BCUT2D eigenvalue weighted by atomic mass is 32.2. The maximum Gasteiger partial charge on any atom is 0.254 e. The lowest BCUT2D eigenvalue weighted by Crippen LogP contribution is -2.41. The topological polar surface area (TPSA) is 79.4 Å². The third-order valence-corrected chi connectivity index (χ3v) is 6.10. The maximum atomic E-state index is 13.3. The molecule has 1 aromatic heterocycles. The Bertz CT molecular complexity index is 917. The number of hydrogen-bond donors (Lipinski definition) is 1. The molecule has 1 N–H and O–H groups in total. The first kappa shape index (κ1) is 18.3. The van der Waals surface area contributed by atoms with Crippen molar-refractivity contribution in [2.24, 2.45) is 0 Å². The molecule has 138 valence electrons. The smallest absolute Gasteiger partial charge is 0.254 e. The fraction of sp³-hybridized carbons (Fsp3) is 0.333. The third-order valence-electron chi connectivity index (χ3n) is 4.35. The Kier molecular flexibility index (Phi) is 5.22. The average molecular weight is 377 g/mol. The van der Waals surface area contributed by atoms with Gasteiger partial charge in [0.25, 0.3) is 5.91 Å². The zero-order chi connectivity index (χ0) is 18.7. The highest BCUT2D eigenvalue weighted by molar-refractivity contribution is 7.91. The summed E-state index contributed by atoms with van der Waals surface area (Å²) < 4.78 is 36.7. The van der Waals surface area contributed by atoms with Gasteiger partial charge in [0.1, 0.15) is 11.6 Å². The molecule has 2 aromatic rings. The summed E-state index contributed by atoms with van der Waals surface area (Å²) in [5.41, 5.74) is 0.932. The number of amides is 1. The highest BCUT2D eigenvalue weighted by Gasteiger charge is 2.34. The molecule has 3 rings (SSSR count). The van der Waals surface area contributed by atoms with Crippen LogP contribution in [0.25, 0.3) is 0 Å². The van der Waals surface area contributed by atoms with Crippen LogP contribution in [0.1, 0.15) is 23.7 Å². The zero-order valence-electron chi connectivity index (χ0n) is 14.4. The minimum Gasteiger partial charge on any atom is -0.340 e. The fourth-order valence-corrected chi connectivity index (χ4v) is 4.83. The standard InChI is InChI=1S/C18H20FN3O3S/c1-2-22(16-7-9-26(24,25)12-16)18(23)13-6-8-20-17(10-13)21-15-5-3-4-14(19)11-15/h3-6,8,10-11,16H,2,7,9,12H2,1H3,(H,20,21). The van der Waals surface area contributed by atoms with E-state index in [1.165, 1.54) is 18.3 Å². The van der Waals surface area contributed by atoms with Crippen molar-refractivity contribution in [2.45, 2.75) is 19.4 Å². The molecule has 6 nitrogen and oxygen atoms in total. The number of nitrogens with zero attached hydrogens (tertiary/aromatic N) is 2. The molecule has 8 heteroatoms. The normalized spacial score (nSPS) is 18.5. The van der Waals surface area contributed by atoms with Gasteiger partial charge >= 0.3 is 0 Å². The van der Waals surface area contributed by atoms with E-state index in [-0.39, 0.29) is 29.3 Å². The molecule has 0 bridgehead atoms. The minimum atomic E-state index is -3.07. The summed E-state index contributed by atoms with van der Waals surface area (Å²) >= 11 is 0. The first-order valence-electron chi connectivity index (χ1n) is 8.38. The number of benzene rings is 1. The molecule has 0 saturated carbocycles. The number of pyridine rings is 1. The lowest BCUT2D eigenvalue weighted by molar-refractivity contribution is 0.0708. The van der Waals surface area contributed by atoms with Gasteiger partial charge in [-0.2, -0.15) is 0 Å². The van der Waals surface area contributed by atoms with Gasteiger partial charge in [0.15, 0.2) is 9.84 Å². The van der Waals surface area contributed by atoms with Crippen molar-refractivity contribution in [3.8, 4) is 0 Å². The Morgan fingerprint density at radius 1 is 1.35 bits per heavy atom. The number of aromatic nitrogens is 1. The average Bonchev–Trinajstić information content (AvgIpc) is 2.95. The van der Waals surface area contributed by atoms with Crippen molar-refractivity contribution in [1.82, 2.24) is 9.88 Å². The van der Waals surface area contributed by atoms with E-state index in [2.05, 4.69) is 10.3 Å². The van der Waals surface area contributed by atoms with Crippen LogP contribution in [0.4, 0.5) is 15.9 Å². The molecule has 1 aromatic carbocycles. The van der Waals surface area contributed by atoms with Crippen molar-refractivity contribution >= 4 is 27.2 Å². The molecular weight excluding hydrogens is 357 g/mol. The van der Waals surface area contributed by atoms with E-state index in [1.807, 2.05) is 6.92 Å². The molecular formula is C18H20FN3O3S. The number of carbonyl (C=O) groups is 1. The Labute approximate surface area is 152 Å². The summed E-state index contributed by atoms with van der Waals surface area (Å²) in [4.78, 5) is 18.6. The van der Waals surface area contributed by atoms with Gasteiger partial charge in [-0.3, -0.25) is 4.79 Å². The quantitative estimate of drug-likeness (QED) is 0.866. The van der Waals surface area contributed by atoms with Crippen LogP contribution in [0.3, 0.4) is 0 Å². The van der Waals surface area contributed by atoms with E-state index in [4.69, 9.17) is 0 Å². The molecule has 0 spiro atoms. The minimum absolute atomic E-state index is 0.00601. The molecule has 1 fully saturated rings. The zero-order valence-corrected chi connectivity index (χ0v) is 15.2.